The molecule has 34 N–H and O–H groups in total. The fraction of sp³-hybridized carbons (Fsp3) is 0.597. The maximum Gasteiger partial charge on any atom is 0.351 e. The van der Waals surface area contributed by atoms with Gasteiger partial charge < -0.3 is 143 Å². The molecule has 0 unspecified atom stereocenters. The highest BCUT2D eigenvalue weighted by Gasteiger charge is 2.50. The summed E-state index contributed by atoms with van der Waals surface area (Å²) in [7, 11) is 0. The lowest BCUT2D eigenvalue weighted by Gasteiger charge is -2.18. The SMILES string of the molecule is [2H][C@@]1(n2ccc(NO)nc2=O)O[C@H](COC(=O)C2CCCC2)[C@@H](O)[C@H]1O.[2H][C@@]1(n2ccc(NO)nc2=O)O[C@H](COC(=O)[C@@H](N)CC(N)=O)[C@@H](O)[C@H]1O.[2H][C@@]1(n2ccc(NO)nc2=O)O[C@H](COC(=O)[C@@H](N)CCC(N)=O)[C@@H](O)[C@H]1O.[2H][C@@]1(n2ccc(NO)nc2=O)O[C@H](COC(=O)[C@@H](N)CO)[C@@H](O)[C@H]1O.[2H][C@@]1(n2ccc(NO)nc2=O)O[C@H](COC(=O)[C@@H](N)[C@@H](C)O)[C@@H](O)[C@H]1O. The maximum atomic E-state index is 12.0. The first-order valence-electron chi connectivity index (χ1n) is 39.8. The van der Waals surface area contributed by atoms with Crippen LogP contribution in [0.5, 0.6) is 0 Å². The second kappa shape index (κ2) is 48.0. The Morgan fingerprint density at radius 3 is 0.906 bits per heavy atom. The van der Waals surface area contributed by atoms with Gasteiger partial charge in [-0.25, -0.2) is 24.0 Å². The van der Waals surface area contributed by atoms with Gasteiger partial charge in [0, 0.05) is 37.4 Å². The molecule has 25 atom stereocenters. The highest BCUT2D eigenvalue weighted by molar-refractivity contribution is 5.84. The van der Waals surface area contributed by atoms with Crippen molar-refractivity contribution in [3.05, 3.63) is 114 Å². The van der Waals surface area contributed by atoms with Crippen molar-refractivity contribution in [1.82, 2.24) is 47.8 Å². The number of ether oxygens (including phenoxy) is 10. The number of esters is 5. The third-order valence-electron chi connectivity index (χ3n) is 18.6. The van der Waals surface area contributed by atoms with Gasteiger partial charge in [-0.05, 0) is 56.5 Å². The molecule has 5 saturated heterocycles. The van der Waals surface area contributed by atoms with Crippen LogP contribution in [0.3, 0.4) is 0 Å². The smallest absolute Gasteiger partial charge is 0.351 e. The van der Waals surface area contributed by atoms with E-state index in [9.17, 15) is 114 Å². The number of nitrogens with zero attached hydrogens (tertiary/aromatic N) is 10. The van der Waals surface area contributed by atoms with Gasteiger partial charge in [0.05, 0.1) is 31.9 Å². The van der Waals surface area contributed by atoms with Crippen LogP contribution in [0.25, 0.3) is 0 Å². The summed E-state index contributed by atoms with van der Waals surface area (Å²) in [6.45, 7) is -2.02. The molecule has 6 fully saturated rings. The number of amides is 2. The Bertz CT molecular complexity index is 5010. The minimum atomic E-state index is -2.47. The quantitative estimate of drug-likeness (QED) is 0.0108. The topological polar surface area (TPSA) is 946 Å². The first-order valence-corrected chi connectivity index (χ1v) is 37.3. The molecular weight excluding hydrogens is 1720 g/mol. The number of hydrogen-bond acceptors (Lipinski definition) is 53. The summed E-state index contributed by atoms with van der Waals surface area (Å²) < 4.78 is 94.8. The van der Waals surface area contributed by atoms with E-state index in [1.807, 2.05) is 0 Å². The molecule has 0 aromatic carbocycles. The molecule has 1 saturated carbocycles. The van der Waals surface area contributed by atoms with Gasteiger partial charge in [0.1, 0.15) is 149 Å². The molecular formula is C67H99N21O39. The Morgan fingerprint density at radius 2 is 0.669 bits per heavy atom. The molecule has 706 valence electrons. The van der Waals surface area contributed by atoms with Crippen molar-refractivity contribution in [2.45, 2.75) is 205 Å². The number of carbonyl (C=O) groups excluding carboxylic acids is 7. The average Bonchev–Trinajstić information content (AvgIpc) is 1.63. The molecule has 60 nitrogen and oxygen atoms in total. The summed E-state index contributed by atoms with van der Waals surface area (Å²) in [6, 6.07) is 0.649. The molecule has 60 heteroatoms. The van der Waals surface area contributed by atoms with Crippen LogP contribution in [0.2, 0.25) is 0 Å². The van der Waals surface area contributed by atoms with E-state index in [1.165, 1.54) is 13.0 Å². The normalized spacial score (nSPS) is 31.0. The van der Waals surface area contributed by atoms with Gasteiger partial charge in [-0.3, -0.25) is 110 Å². The minimum absolute atomic E-state index is 0.0421. The van der Waals surface area contributed by atoms with Crippen LogP contribution in [0, 0.1) is 5.92 Å². The van der Waals surface area contributed by atoms with Gasteiger partial charge >= 0.3 is 58.3 Å². The summed E-state index contributed by atoms with van der Waals surface area (Å²) in [5, 5.41) is 163. The number of nitrogens with one attached hydrogen (secondary N) is 5. The van der Waals surface area contributed by atoms with Gasteiger partial charge in [0.2, 0.25) is 11.8 Å². The van der Waals surface area contributed by atoms with E-state index in [0.717, 1.165) is 80.9 Å². The molecule has 0 spiro atoms. The molecule has 5 aliphatic heterocycles. The Labute approximate surface area is 717 Å². The van der Waals surface area contributed by atoms with Gasteiger partial charge in [-0.15, -0.1) is 0 Å². The molecule has 11 rings (SSSR count). The lowest BCUT2D eigenvalue weighted by atomic mass is 10.1. The zero-order chi connectivity index (χ0) is 98.7. The van der Waals surface area contributed by atoms with Crippen molar-refractivity contribution < 1.29 is 175 Å². The van der Waals surface area contributed by atoms with Crippen molar-refractivity contribution >= 4 is 70.8 Å². The first kappa shape index (κ1) is 94.8. The van der Waals surface area contributed by atoms with Crippen LogP contribution < -0.4 is 90.3 Å². The Hall–Kier alpha value is -11.3. The molecule has 0 radical (unpaired) electrons. The summed E-state index contributed by atoms with van der Waals surface area (Å²) in [5.41, 5.74) is 34.6. The highest BCUT2D eigenvalue weighted by Crippen LogP contribution is 2.35. The summed E-state index contributed by atoms with van der Waals surface area (Å²) >= 11 is 0. The maximum absolute atomic E-state index is 12.0. The standard InChI is InChI=1S/C15H21N3O7.C14H21N5O8.C13H19N5O8.C13H20N4O8.C12H18N4O8/c19-11-9(7-24-14(21)8-3-1-2-4-8)25-13(12(11)20)18-6-5-10(17-23)16-15(18)22;15-6(1-2-8(16)20)13(23)26-5-7-10(21)11(22)12(27-7)19-4-3-9(18-25)17-14(19)24;14-5(3-7(15)19)12(22)25-4-6-9(20)10(21)11(26-6)18-2-1-8(17-24)16-13(18)23;1-5(18)8(14)12(21)24-4-6-9(19)10(20)11(25-6)17-3-2-7(16-23)15-13(17)22;13-5(3-17)11(20)23-4-6-8(18)9(19)10(24-6)16-2-1-7(15-22)14-12(16)21/h5-6,8-9,11-13,19-20,23H,1-4,7H2,(H,16,17,22);3-4,6-7,10-12,21-22,25H,1-2,5,15H2,(H2,16,20)(H,17,18,24);1-2,5-6,9-11,20-21,24H,3-4,14H2,(H2,15,19)(H,16,17,23);2-3,5-6,8-11,18-20,23H,4,14H2,1H3,(H,15,16,22);1-2,5-6,8-10,17-19,22H,3-4,13H2,(H,14,15,21)/t9-,11-,12-,13-;6-,7+,10+,11+,12+;5-,6+,9+,10+,11+;5-,6-,8+,9-,10-,11-;5-,6+,8+,9+,10+/m10010/s1/i13D;12D;2*11D;10D. The lowest BCUT2D eigenvalue weighted by Crippen LogP contribution is -2.43. The fourth-order valence-corrected chi connectivity index (χ4v) is 11.5. The van der Waals surface area contributed by atoms with E-state index >= 15 is 0 Å². The van der Waals surface area contributed by atoms with Gasteiger partial charge in [-0.2, -0.15) is 24.9 Å². The van der Waals surface area contributed by atoms with Crippen LogP contribution in [0.15, 0.2) is 85.3 Å². The number of rotatable bonds is 32. The zero-order valence-corrected chi connectivity index (χ0v) is 66.1. The molecule has 10 heterocycles. The Kier molecular flexibility index (Phi) is 35.8. The van der Waals surface area contributed by atoms with Crippen molar-refractivity contribution in [1.29, 1.82) is 0 Å². The highest BCUT2D eigenvalue weighted by atomic mass is 16.6. The molecule has 6 aliphatic rings. The zero-order valence-electron chi connectivity index (χ0n) is 71.1. The summed E-state index contributed by atoms with van der Waals surface area (Å²) in [4.78, 5) is 157. The third kappa shape index (κ3) is 27.3. The largest absolute Gasteiger partial charge is 0.463 e. The van der Waals surface area contributed by atoms with Gasteiger partial charge in [-0.1, -0.05) is 12.8 Å². The summed E-state index contributed by atoms with van der Waals surface area (Å²) in [6.07, 6.45) is -29.4. The van der Waals surface area contributed by atoms with Crippen molar-refractivity contribution in [3.63, 3.8) is 0 Å². The molecule has 5 aromatic rings. The van der Waals surface area contributed by atoms with Crippen LogP contribution in [0.4, 0.5) is 29.1 Å². The van der Waals surface area contributed by atoms with E-state index in [4.69, 9.17) is 120 Å². The van der Waals surface area contributed by atoms with Crippen molar-refractivity contribution in [3.8, 4) is 0 Å². The predicted molar refractivity (Wildman–Crippen MR) is 409 cm³/mol. The number of aliphatic hydroxyl groups is 12. The summed E-state index contributed by atoms with van der Waals surface area (Å²) in [5.74, 6) is -6.80. The van der Waals surface area contributed by atoms with Crippen molar-refractivity contribution in [2.75, 3.05) is 67.0 Å². The van der Waals surface area contributed by atoms with Crippen LogP contribution in [0.1, 0.15) is 89.7 Å². The number of aliphatic hydroxyl groups excluding tert-OH is 12. The fourth-order valence-electron chi connectivity index (χ4n) is 11.5. The Balaban J connectivity index is 0.000000226. The number of aromatic nitrogens is 10. The number of nitrogens with two attached hydrogens (primary N) is 6. The second-order valence-corrected chi connectivity index (χ2v) is 27.6. The van der Waals surface area contributed by atoms with E-state index in [1.54, 1.807) is 27.4 Å². The molecule has 1 aliphatic carbocycles. The van der Waals surface area contributed by atoms with Crippen LogP contribution >= 0.6 is 0 Å². The molecule has 2 amide bonds. The number of primary amides is 2. The number of hydrogen-bond donors (Lipinski definition) is 28. The van der Waals surface area contributed by atoms with Gasteiger partial charge in [0.25, 0.3) is 0 Å². The predicted octanol–water partition coefficient (Wildman–Crippen LogP) is -14.0. The third-order valence-corrected chi connectivity index (χ3v) is 18.6. The van der Waals surface area contributed by atoms with Crippen LogP contribution in [-0.4, -0.2) is 338 Å². The van der Waals surface area contributed by atoms with E-state index in [2.05, 4.69) is 24.9 Å². The van der Waals surface area contributed by atoms with E-state index in [0.29, 0.717) is 22.8 Å². The Morgan fingerprint density at radius 1 is 0.417 bits per heavy atom. The van der Waals surface area contributed by atoms with Gasteiger partial charge in [0.15, 0.2) is 60.1 Å². The van der Waals surface area contributed by atoms with E-state index in [-0.39, 0.29) is 54.5 Å². The van der Waals surface area contributed by atoms with Crippen molar-refractivity contribution in [2.24, 2.45) is 40.3 Å². The lowest BCUT2D eigenvalue weighted by molar-refractivity contribution is -0.155. The monoisotopic (exact) mass is 1830 g/mol. The average molecular weight is 1830 g/mol. The number of carbonyl (C=O) groups is 7. The molecule has 5 aromatic heterocycles. The number of anilines is 5. The minimum Gasteiger partial charge on any atom is -0.463 e. The van der Waals surface area contributed by atoms with E-state index < -0.39 is 262 Å². The molecule has 0 bridgehead atoms. The second-order valence-electron chi connectivity index (χ2n) is 27.6. The molecule has 127 heavy (non-hydrogen) atoms. The first-order chi connectivity index (χ1) is 61.9. The van der Waals surface area contributed by atoms with Crippen LogP contribution in [-0.2, 0) is 80.9 Å².